The van der Waals surface area contributed by atoms with E-state index in [0.717, 1.165) is 0 Å². The minimum absolute atomic E-state index is 0.273. The molecule has 0 aromatic carbocycles. The summed E-state index contributed by atoms with van der Waals surface area (Å²) in [5, 5.41) is 2.87. The molecule has 7 heteroatoms. The Kier molecular flexibility index (Phi) is 4.23. The van der Waals surface area contributed by atoms with E-state index in [-0.39, 0.29) is 5.57 Å². The molecule has 1 aliphatic heterocycles. The summed E-state index contributed by atoms with van der Waals surface area (Å²) >= 11 is 0. The predicted octanol–water partition coefficient (Wildman–Crippen LogP) is -0.545. The van der Waals surface area contributed by atoms with Crippen molar-refractivity contribution in [1.82, 2.24) is 10.2 Å². The van der Waals surface area contributed by atoms with Crippen LogP contribution < -0.4 is 5.32 Å². The van der Waals surface area contributed by atoms with Crippen LogP contribution in [0.4, 0.5) is 0 Å². The Labute approximate surface area is 100 Å². The van der Waals surface area contributed by atoms with Crippen molar-refractivity contribution in [1.29, 1.82) is 0 Å². The number of carbonyl (C=O) groups is 1. The molecule has 0 unspecified atom stereocenters. The Morgan fingerprint density at radius 3 is 2.06 bits per heavy atom. The second-order valence-electron chi connectivity index (χ2n) is 3.45. The smallest absolute Gasteiger partial charge is 0.320 e. The van der Waals surface area contributed by atoms with E-state index in [2.05, 4.69) is 5.32 Å². The third-order valence-corrected chi connectivity index (χ3v) is 2.75. The van der Waals surface area contributed by atoms with Crippen molar-refractivity contribution in [2.75, 3.05) is 35.5 Å². The molecule has 0 amide bonds. The summed E-state index contributed by atoms with van der Waals surface area (Å²) in [6, 6.07) is -1.27. The van der Waals surface area contributed by atoms with Gasteiger partial charge in [-0.05, 0) is 0 Å². The third kappa shape index (κ3) is 2.07. The van der Waals surface area contributed by atoms with Crippen LogP contribution in [0.15, 0.2) is 11.8 Å². The van der Waals surface area contributed by atoms with E-state index in [1.54, 1.807) is 11.9 Å². The van der Waals surface area contributed by atoms with E-state index >= 15 is 0 Å². The molecule has 1 N–H and O–H groups in total. The monoisotopic (exact) mass is 246 g/mol. The average Bonchev–Trinajstić information content (AvgIpc) is 2.39. The summed E-state index contributed by atoms with van der Waals surface area (Å²) in [7, 11) is 7.44. The van der Waals surface area contributed by atoms with Crippen LogP contribution in [0.1, 0.15) is 0 Å². The fraction of sp³-hybridized carbons (Fsp3) is 0.700. The van der Waals surface area contributed by atoms with Crippen molar-refractivity contribution in [3.05, 3.63) is 11.8 Å². The number of hydrogen-bond acceptors (Lipinski definition) is 7. The summed E-state index contributed by atoms with van der Waals surface area (Å²) < 4.78 is 21.0. The van der Waals surface area contributed by atoms with Gasteiger partial charge in [0.15, 0.2) is 6.29 Å². The van der Waals surface area contributed by atoms with Crippen molar-refractivity contribution in [3.63, 3.8) is 0 Å². The highest BCUT2D eigenvalue weighted by molar-refractivity contribution is 5.75. The molecule has 0 aliphatic carbocycles. The van der Waals surface area contributed by atoms with Crippen LogP contribution in [0.25, 0.3) is 0 Å². The third-order valence-electron chi connectivity index (χ3n) is 2.75. The van der Waals surface area contributed by atoms with E-state index in [1.165, 1.54) is 34.6 Å². The molecule has 17 heavy (non-hydrogen) atoms. The first-order valence-electron chi connectivity index (χ1n) is 4.94. The van der Waals surface area contributed by atoms with Crippen molar-refractivity contribution >= 4 is 6.29 Å². The SMILES string of the molecule is COC1(OC)NC(OC)(OC)N(C)C=C1C=O. The summed E-state index contributed by atoms with van der Waals surface area (Å²) in [5.74, 6) is -1.40. The van der Waals surface area contributed by atoms with Gasteiger partial charge >= 0.3 is 6.03 Å². The Morgan fingerprint density at radius 1 is 1.18 bits per heavy atom. The van der Waals surface area contributed by atoms with E-state index in [4.69, 9.17) is 18.9 Å². The molecule has 1 rings (SSSR count). The van der Waals surface area contributed by atoms with Crippen LogP contribution in [-0.2, 0) is 23.7 Å². The van der Waals surface area contributed by atoms with Crippen LogP contribution >= 0.6 is 0 Å². The summed E-state index contributed by atoms with van der Waals surface area (Å²) in [6.07, 6.45) is 2.18. The normalized spacial score (nSPS) is 22.2. The molecular formula is C10H18N2O5. The minimum Gasteiger partial charge on any atom is -0.337 e. The molecule has 7 nitrogen and oxygen atoms in total. The van der Waals surface area contributed by atoms with Gasteiger partial charge in [0, 0.05) is 41.7 Å². The number of ether oxygens (including phenoxy) is 4. The molecule has 0 atom stereocenters. The van der Waals surface area contributed by atoms with Gasteiger partial charge in [0.25, 0.3) is 5.91 Å². The van der Waals surface area contributed by atoms with Crippen LogP contribution in [0, 0.1) is 0 Å². The maximum absolute atomic E-state index is 11.0. The second-order valence-corrected chi connectivity index (χ2v) is 3.45. The molecule has 0 aromatic heterocycles. The fourth-order valence-electron chi connectivity index (χ4n) is 1.75. The molecule has 0 aromatic rings. The van der Waals surface area contributed by atoms with Crippen LogP contribution in [-0.4, -0.2) is 58.6 Å². The number of nitrogens with one attached hydrogen (secondary N) is 1. The first kappa shape index (κ1) is 14.1. The maximum atomic E-state index is 11.0. The first-order valence-corrected chi connectivity index (χ1v) is 4.94. The summed E-state index contributed by atoms with van der Waals surface area (Å²) in [4.78, 5) is 12.6. The standard InChI is InChI=1S/C10H18N2O5/c1-12-6-8(7-13)9(14-2,15-3)11-10(12,16-4)17-5/h6-7,11H,1-5H3. The lowest BCUT2D eigenvalue weighted by Crippen LogP contribution is -2.71. The number of methoxy groups -OCH3 is 4. The van der Waals surface area contributed by atoms with Crippen molar-refractivity contribution in [3.8, 4) is 0 Å². The zero-order chi connectivity index (χ0) is 13.1. The number of nitrogens with zero attached hydrogens (tertiary/aromatic N) is 1. The van der Waals surface area contributed by atoms with Crippen LogP contribution in [0.5, 0.6) is 0 Å². The van der Waals surface area contributed by atoms with Gasteiger partial charge in [0.2, 0.25) is 0 Å². The fourth-order valence-corrected chi connectivity index (χ4v) is 1.75. The molecule has 0 radical (unpaired) electrons. The molecular weight excluding hydrogens is 228 g/mol. The Hall–Kier alpha value is -0.990. The number of aldehydes is 1. The van der Waals surface area contributed by atoms with E-state index in [1.807, 2.05) is 0 Å². The lowest BCUT2D eigenvalue weighted by atomic mass is 10.2. The van der Waals surface area contributed by atoms with Crippen molar-refractivity contribution in [2.45, 2.75) is 11.9 Å². The molecule has 1 aliphatic rings. The number of hydrogen-bond donors (Lipinski definition) is 1. The van der Waals surface area contributed by atoms with Gasteiger partial charge in [0.05, 0.1) is 5.57 Å². The molecule has 0 saturated heterocycles. The number of carbonyl (C=O) groups excluding carboxylic acids is 1. The quantitative estimate of drug-likeness (QED) is 0.516. The lowest BCUT2D eigenvalue weighted by Gasteiger charge is -2.48. The van der Waals surface area contributed by atoms with E-state index in [0.29, 0.717) is 6.29 Å². The van der Waals surface area contributed by atoms with Crippen molar-refractivity contribution in [2.24, 2.45) is 0 Å². The predicted molar refractivity (Wildman–Crippen MR) is 58.5 cm³/mol. The Morgan fingerprint density at radius 2 is 1.71 bits per heavy atom. The zero-order valence-corrected chi connectivity index (χ0v) is 10.6. The molecule has 98 valence electrons. The summed E-state index contributed by atoms with van der Waals surface area (Å²) in [5.41, 5.74) is 0.273. The Bertz CT molecular complexity index is 310. The molecule has 0 bridgehead atoms. The second kappa shape index (κ2) is 5.11. The van der Waals surface area contributed by atoms with Gasteiger partial charge in [-0.15, -0.1) is 0 Å². The average molecular weight is 246 g/mol. The summed E-state index contributed by atoms with van der Waals surface area (Å²) in [6.45, 7) is 0. The van der Waals surface area contributed by atoms with Gasteiger partial charge in [-0.25, -0.2) is 0 Å². The van der Waals surface area contributed by atoms with Gasteiger partial charge in [-0.2, -0.15) is 5.32 Å². The maximum Gasteiger partial charge on any atom is 0.320 e. The molecule has 1 heterocycles. The molecule has 0 fully saturated rings. The molecule has 0 spiro atoms. The van der Waals surface area contributed by atoms with E-state index < -0.39 is 11.9 Å². The van der Waals surface area contributed by atoms with Gasteiger partial charge in [-0.1, -0.05) is 0 Å². The van der Waals surface area contributed by atoms with Crippen molar-refractivity contribution < 1.29 is 23.7 Å². The Balaban J connectivity index is 3.24. The first-order chi connectivity index (χ1) is 8.04. The zero-order valence-electron chi connectivity index (χ0n) is 10.6. The van der Waals surface area contributed by atoms with Gasteiger partial charge < -0.3 is 23.8 Å². The van der Waals surface area contributed by atoms with Gasteiger partial charge in [0.1, 0.15) is 0 Å². The lowest BCUT2D eigenvalue weighted by molar-refractivity contribution is -0.357. The topological polar surface area (TPSA) is 69.3 Å². The molecule has 0 saturated carbocycles. The minimum atomic E-state index is -1.40. The highest BCUT2D eigenvalue weighted by atomic mass is 16.8. The number of rotatable bonds is 5. The highest BCUT2D eigenvalue weighted by Crippen LogP contribution is 2.29. The van der Waals surface area contributed by atoms with Crippen LogP contribution in [0.3, 0.4) is 0 Å². The van der Waals surface area contributed by atoms with E-state index in [9.17, 15) is 4.79 Å². The highest BCUT2D eigenvalue weighted by Gasteiger charge is 2.50. The van der Waals surface area contributed by atoms with Gasteiger partial charge in [-0.3, -0.25) is 4.79 Å². The van der Waals surface area contributed by atoms with Crippen LogP contribution in [0.2, 0.25) is 0 Å². The largest absolute Gasteiger partial charge is 0.337 e.